The summed E-state index contributed by atoms with van der Waals surface area (Å²) in [7, 11) is 0. The number of rotatable bonds is 6. The quantitative estimate of drug-likeness (QED) is 0.859. The number of carbonyl (C=O) groups is 2. The second-order valence-corrected chi connectivity index (χ2v) is 5.36. The van der Waals surface area contributed by atoms with Gasteiger partial charge in [-0.05, 0) is 25.0 Å². The van der Waals surface area contributed by atoms with Crippen LogP contribution >= 0.6 is 0 Å². The highest BCUT2D eigenvalue weighted by Crippen LogP contribution is 2.25. The highest BCUT2D eigenvalue weighted by atomic mass is 16.4. The first-order chi connectivity index (χ1) is 10.5. The monoisotopic (exact) mass is 300 g/mol. The van der Waals surface area contributed by atoms with Gasteiger partial charge in [0.25, 0.3) is 5.91 Å². The van der Waals surface area contributed by atoms with Crippen LogP contribution in [0.25, 0.3) is 10.9 Å². The zero-order valence-electron chi connectivity index (χ0n) is 12.8. The molecule has 0 fully saturated rings. The molecule has 116 valence electrons. The fourth-order valence-corrected chi connectivity index (χ4v) is 2.41. The average Bonchev–Trinajstić information content (AvgIpc) is 2.55. The maximum absolute atomic E-state index is 12.2. The fourth-order valence-electron chi connectivity index (χ4n) is 2.41. The van der Waals surface area contributed by atoms with Gasteiger partial charge in [0, 0.05) is 11.9 Å². The van der Waals surface area contributed by atoms with Crippen molar-refractivity contribution < 1.29 is 14.7 Å². The summed E-state index contributed by atoms with van der Waals surface area (Å²) in [6, 6.07) is 11.0. The van der Waals surface area contributed by atoms with Crippen molar-refractivity contribution in [2.45, 2.75) is 26.7 Å². The summed E-state index contributed by atoms with van der Waals surface area (Å²) in [6.45, 7) is 3.73. The van der Waals surface area contributed by atoms with Crippen LogP contribution in [0.15, 0.2) is 36.4 Å². The summed E-state index contributed by atoms with van der Waals surface area (Å²) in [5, 5.41) is 13.0. The third-order valence-corrected chi connectivity index (χ3v) is 4.23. The molecular weight excluding hydrogens is 280 g/mol. The summed E-state index contributed by atoms with van der Waals surface area (Å²) in [4.78, 5) is 28.0. The van der Waals surface area contributed by atoms with Crippen molar-refractivity contribution in [1.82, 2.24) is 10.3 Å². The SMILES string of the molecule is CCC(CC)(CNC(=O)c1ccc2ccccc2n1)C(=O)O. The number of hydrogen-bond donors (Lipinski definition) is 2. The Balaban J connectivity index is 2.15. The van der Waals surface area contributed by atoms with Gasteiger partial charge in [-0.1, -0.05) is 38.1 Å². The zero-order valence-corrected chi connectivity index (χ0v) is 12.8. The molecule has 0 saturated carbocycles. The summed E-state index contributed by atoms with van der Waals surface area (Å²) < 4.78 is 0. The van der Waals surface area contributed by atoms with Crippen LogP contribution in [0.2, 0.25) is 0 Å². The lowest BCUT2D eigenvalue weighted by Crippen LogP contribution is -2.42. The Hall–Kier alpha value is -2.43. The lowest BCUT2D eigenvalue weighted by atomic mass is 9.82. The van der Waals surface area contributed by atoms with Crippen molar-refractivity contribution in [2.24, 2.45) is 5.41 Å². The Kier molecular flexibility index (Phi) is 4.75. The summed E-state index contributed by atoms with van der Waals surface area (Å²) in [5.41, 5.74) is 0.114. The Morgan fingerprint density at radius 3 is 2.45 bits per heavy atom. The molecule has 0 bridgehead atoms. The predicted octanol–water partition coefficient (Wildman–Crippen LogP) is 2.86. The molecule has 0 saturated heterocycles. The number of aliphatic carboxylic acids is 1. The van der Waals surface area contributed by atoms with E-state index in [-0.39, 0.29) is 12.5 Å². The molecule has 2 rings (SSSR count). The van der Waals surface area contributed by atoms with Gasteiger partial charge in [0.1, 0.15) is 5.69 Å². The number of para-hydroxylation sites is 1. The smallest absolute Gasteiger partial charge is 0.311 e. The Morgan fingerprint density at radius 1 is 1.14 bits per heavy atom. The number of amides is 1. The molecule has 0 aliphatic carbocycles. The molecule has 1 aromatic heterocycles. The van der Waals surface area contributed by atoms with E-state index in [1.54, 1.807) is 6.07 Å². The van der Waals surface area contributed by atoms with E-state index in [2.05, 4.69) is 10.3 Å². The molecule has 0 aliphatic heterocycles. The molecule has 1 amide bonds. The number of hydrogen-bond acceptors (Lipinski definition) is 3. The largest absolute Gasteiger partial charge is 0.481 e. The normalized spacial score (nSPS) is 11.4. The first kappa shape index (κ1) is 15.9. The van der Waals surface area contributed by atoms with Crippen LogP contribution in [0, 0.1) is 5.41 Å². The minimum atomic E-state index is -0.924. The lowest BCUT2D eigenvalue weighted by Gasteiger charge is -2.26. The molecule has 5 nitrogen and oxygen atoms in total. The molecular formula is C17H20N2O3. The number of carbonyl (C=O) groups excluding carboxylic acids is 1. The van der Waals surface area contributed by atoms with Gasteiger partial charge < -0.3 is 10.4 Å². The average molecular weight is 300 g/mol. The van der Waals surface area contributed by atoms with Crippen LogP contribution in [0.4, 0.5) is 0 Å². The van der Waals surface area contributed by atoms with E-state index in [9.17, 15) is 14.7 Å². The van der Waals surface area contributed by atoms with Gasteiger partial charge in [0.05, 0.1) is 10.9 Å². The Bertz CT molecular complexity index is 693. The first-order valence-electron chi connectivity index (χ1n) is 7.40. The Labute approximate surface area is 129 Å². The van der Waals surface area contributed by atoms with Crippen LogP contribution in [-0.2, 0) is 4.79 Å². The van der Waals surface area contributed by atoms with Gasteiger partial charge in [-0.15, -0.1) is 0 Å². The number of aromatic nitrogens is 1. The lowest BCUT2D eigenvalue weighted by molar-refractivity contribution is -0.149. The number of pyridine rings is 1. The number of nitrogens with one attached hydrogen (secondary N) is 1. The number of benzene rings is 1. The third kappa shape index (κ3) is 3.08. The number of nitrogens with zero attached hydrogens (tertiary/aromatic N) is 1. The van der Waals surface area contributed by atoms with Gasteiger partial charge in [0.15, 0.2) is 0 Å². The van der Waals surface area contributed by atoms with E-state index < -0.39 is 11.4 Å². The van der Waals surface area contributed by atoms with E-state index >= 15 is 0 Å². The molecule has 0 radical (unpaired) electrons. The van der Waals surface area contributed by atoms with Crippen molar-refractivity contribution >= 4 is 22.8 Å². The standard InChI is InChI=1S/C17H20N2O3/c1-3-17(4-2,16(21)22)11-18-15(20)14-10-9-12-7-5-6-8-13(12)19-14/h5-10H,3-4,11H2,1-2H3,(H,18,20)(H,21,22). The van der Waals surface area contributed by atoms with Crippen molar-refractivity contribution in [3.63, 3.8) is 0 Å². The number of fused-ring (bicyclic) bond motifs is 1. The molecule has 2 N–H and O–H groups in total. The zero-order chi connectivity index (χ0) is 16.2. The minimum absolute atomic E-state index is 0.0999. The van der Waals surface area contributed by atoms with Crippen molar-refractivity contribution in [2.75, 3.05) is 6.54 Å². The van der Waals surface area contributed by atoms with Crippen LogP contribution in [0.5, 0.6) is 0 Å². The third-order valence-electron chi connectivity index (χ3n) is 4.23. The van der Waals surface area contributed by atoms with Gasteiger partial charge in [-0.25, -0.2) is 4.98 Å². The van der Waals surface area contributed by atoms with Crippen molar-refractivity contribution in [3.05, 3.63) is 42.1 Å². The van der Waals surface area contributed by atoms with Gasteiger partial charge in [-0.3, -0.25) is 9.59 Å². The van der Waals surface area contributed by atoms with Crippen LogP contribution in [-0.4, -0.2) is 28.5 Å². The second kappa shape index (κ2) is 6.56. The maximum atomic E-state index is 12.2. The molecule has 5 heteroatoms. The molecule has 1 heterocycles. The molecule has 0 spiro atoms. The highest BCUT2D eigenvalue weighted by molar-refractivity contribution is 5.95. The van der Waals surface area contributed by atoms with Crippen LogP contribution in [0.3, 0.4) is 0 Å². The molecule has 0 atom stereocenters. The van der Waals surface area contributed by atoms with E-state index in [1.165, 1.54) is 0 Å². The van der Waals surface area contributed by atoms with Gasteiger partial charge in [0.2, 0.25) is 0 Å². The Morgan fingerprint density at radius 2 is 1.82 bits per heavy atom. The highest BCUT2D eigenvalue weighted by Gasteiger charge is 2.35. The topological polar surface area (TPSA) is 79.3 Å². The van der Waals surface area contributed by atoms with Crippen molar-refractivity contribution in [3.8, 4) is 0 Å². The molecule has 22 heavy (non-hydrogen) atoms. The van der Waals surface area contributed by atoms with E-state index in [1.807, 2.05) is 44.2 Å². The fraction of sp³-hybridized carbons (Fsp3) is 0.353. The van der Waals surface area contributed by atoms with Gasteiger partial charge in [-0.2, -0.15) is 0 Å². The number of carboxylic acid groups (broad SMARTS) is 1. The summed E-state index contributed by atoms with van der Waals surface area (Å²) in [5.74, 6) is -1.23. The van der Waals surface area contributed by atoms with Crippen LogP contribution in [0.1, 0.15) is 37.2 Å². The molecule has 0 aliphatic rings. The van der Waals surface area contributed by atoms with E-state index in [0.717, 1.165) is 10.9 Å². The molecule has 0 unspecified atom stereocenters. The maximum Gasteiger partial charge on any atom is 0.311 e. The molecule has 1 aromatic carbocycles. The first-order valence-corrected chi connectivity index (χ1v) is 7.40. The predicted molar refractivity (Wildman–Crippen MR) is 84.7 cm³/mol. The summed E-state index contributed by atoms with van der Waals surface area (Å²) >= 11 is 0. The molecule has 2 aromatic rings. The van der Waals surface area contributed by atoms with Crippen LogP contribution < -0.4 is 5.32 Å². The van der Waals surface area contributed by atoms with E-state index in [0.29, 0.717) is 18.5 Å². The minimum Gasteiger partial charge on any atom is -0.481 e. The summed E-state index contributed by atoms with van der Waals surface area (Å²) in [6.07, 6.45) is 0.925. The van der Waals surface area contributed by atoms with E-state index in [4.69, 9.17) is 0 Å². The van der Waals surface area contributed by atoms with Crippen molar-refractivity contribution in [1.29, 1.82) is 0 Å². The number of carboxylic acids is 1. The second-order valence-electron chi connectivity index (χ2n) is 5.36. The van der Waals surface area contributed by atoms with Gasteiger partial charge >= 0.3 is 5.97 Å².